The van der Waals surface area contributed by atoms with Gasteiger partial charge in [-0.2, -0.15) is 0 Å². The maximum atomic E-state index is 12.3. The van der Waals surface area contributed by atoms with Crippen LogP contribution in [0, 0.1) is 0 Å². The first kappa shape index (κ1) is 20.5. The second-order valence-electron chi connectivity index (χ2n) is 7.81. The summed E-state index contributed by atoms with van der Waals surface area (Å²) in [4.78, 5) is 23.8. The fourth-order valence-corrected chi connectivity index (χ4v) is 2.86. The lowest BCUT2D eigenvalue weighted by atomic mass is 9.76. The van der Waals surface area contributed by atoms with Gasteiger partial charge in [0.15, 0.2) is 0 Å². The van der Waals surface area contributed by atoms with Crippen molar-refractivity contribution >= 4 is 18.9 Å². The van der Waals surface area contributed by atoms with Gasteiger partial charge in [0.1, 0.15) is 0 Å². The van der Waals surface area contributed by atoms with Crippen LogP contribution in [0.3, 0.4) is 0 Å². The number of primary amides is 1. The third kappa shape index (κ3) is 5.32. The van der Waals surface area contributed by atoms with Crippen molar-refractivity contribution in [2.75, 3.05) is 0 Å². The van der Waals surface area contributed by atoms with E-state index >= 15 is 0 Å². The molecule has 7 heteroatoms. The van der Waals surface area contributed by atoms with E-state index in [2.05, 4.69) is 5.32 Å². The Hall–Kier alpha value is -1.86. The fourth-order valence-electron chi connectivity index (χ4n) is 2.86. The molecule has 0 bridgehead atoms. The van der Waals surface area contributed by atoms with E-state index in [4.69, 9.17) is 15.0 Å². The molecule has 1 heterocycles. The van der Waals surface area contributed by atoms with E-state index in [1.165, 1.54) is 5.56 Å². The molecule has 0 unspecified atom stereocenters. The van der Waals surface area contributed by atoms with Crippen LogP contribution in [0.2, 0.25) is 0 Å². The number of hydrogen-bond acceptors (Lipinski definition) is 4. The summed E-state index contributed by atoms with van der Waals surface area (Å²) in [6, 6.07) is 10.0. The van der Waals surface area contributed by atoms with Gasteiger partial charge in [-0.3, -0.25) is 9.59 Å². The van der Waals surface area contributed by atoms with Crippen LogP contribution in [0.25, 0.3) is 0 Å². The minimum Gasteiger partial charge on any atom is -0.402 e. The van der Waals surface area contributed by atoms with Crippen molar-refractivity contribution in [3.8, 4) is 0 Å². The predicted molar refractivity (Wildman–Crippen MR) is 101 cm³/mol. The maximum absolute atomic E-state index is 12.3. The molecule has 1 saturated heterocycles. The van der Waals surface area contributed by atoms with E-state index in [1.54, 1.807) is 0 Å². The van der Waals surface area contributed by atoms with Gasteiger partial charge in [0.2, 0.25) is 11.8 Å². The van der Waals surface area contributed by atoms with Crippen molar-refractivity contribution in [3.05, 3.63) is 35.9 Å². The summed E-state index contributed by atoms with van der Waals surface area (Å²) in [5, 5.41) is 2.86. The van der Waals surface area contributed by atoms with Gasteiger partial charge in [-0.15, -0.1) is 0 Å². The normalized spacial score (nSPS) is 19.2. The molecule has 3 N–H and O–H groups in total. The Morgan fingerprint density at radius 1 is 1.12 bits per heavy atom. The summed E-state index contributed by atoms with van der Waals surface area (Å²) in [7, 11) is -0.703. The number of amides is 2. The van der Waals surface area contributed by atoms with Crippen molar-refractivity contribution in [1.29, 1.82) is 0 Å². The molecule has 142 valence electrons. The Kier molecular flexibility index (Phi) is 6.47. The van der Waals surface area contributed by atoms with E-state index in [-0.39, 0.29) is 12.3 Å². The van der Waals surface area contributed by atoms with Crippen molar-refractivity contribution in [1.82, 2.24) is 5.32 Å². The first-order valence-corrected chi connectivity index (χ1v) is 9.08. The number of nitrogens with two attached hydrogens (primary N) is 1. The van der Waals surface area contributed by atoms with Crippen LogP contribution in [0.4, 0.5) is 0 Å². The Morgan fingerprint density at radius 2 is 1.69 bits per heavy atom. The molecule has 1 aromatic rings. The molecular formula is C19H29BN2O4. The summed E-state index contributed by atoms with van der Waals surface area (Å²) >= 11 is 0. The molecule has 26 heavy (non-hydrogen) atoms. The summed E-state index contributed by atoms with van der Waals surface area (Å²) in [6.45, 7) is 7.71. The Balaban J connectivity index is 1.91. The number of aryl methyl sites for hydroxylation is 1. The summed E-state index contributed by atoms with van der Waals surface area (Å²) < 4.78 is 11.9. The zero-order valence-electron chi connectivity index (χ0n) is 16.1. The molecule has 1 aliphatic heterocycles. The summed E-state index contributed by atoms with van der Waals surface area (Å²) in [5.74, 6) is -1.24. The number of hydrogen-bond donors (Lipinski definition) is 2. The van der Waals surface area contributed by atoms with Crippen molar-refractivity contribution < 1.29 is 18.9 Å². The van der Waals surface area contributed by atoms with Crippen LogP contribution in [-0.2, 0) is 25.3 Å². The van der Waals surface area contributed by atoms with Crippen molar-refractivity contribution in [2.24, 2.45) is 5.73 Å². The standard InChI is InChI=1S/C19H29BN2O4/c1-18(2)19(3,4)26-20(25-18)15(13-16(21)23)22-17(24)12-8-11-14-9-6-5-7-10-14/h5-7,9-10,15H,8,11-13H2,1-4H3,(H2,21,23)(H,22,24)/t15-/m1/s1. The van der Waals surface area contributed by atoms with Gasteiger partial charge in [0.25, 0.3) is 0 Å². The molecular weight excluding hydrogens is 331 g/mol. The number of carbonyl (C=O) groups is 2. The van der Waals surface area contributed by atoms with Crippen molar-refractivity contribution in [2.45, 2.75) is 70.5 Å². The molecule has 0 saturated carbocycles. The summed E-state index contributed by atoms with van der Waals surface area (Å²) in [5.41, 5.74) is 5.47. The van der Waals surface area contributed by atoms with E-state index in [0.29, 0.717) is 6.42 Å². The predicted octanol–water partition coefficient (Wildman–Crippen LogP) is 2.00. The van der Waals surface area contributed by atoms with Gasteiger partial charge in [-0.1, -0.05) is 30.3 Å². The van der Waals surface area contributed by atoms with E-state index in [9.17, 15) is 9.59 Å². The monoisotopic (exact) mass is 360 g/mol. The lowest BCUT2D eigenvalue weighted by molar-refractivity contribution is -0.122. The average molecular weight is 360 g/mol. The highest BCUT2D eigenvalue weighted by Gasteiger charge is 2.54. The third-order valence-corrected chi connectivity index (χ3v) is 5.08. The van der Waals surface area contributed by atoms with Crippen LogP contribution in [0.15, 0.2) is 30.3 Å². The molecule has 6 nitrogen and oxygen atoms in total. The zero-order chi connectivity index (χ0) is 19.4. The molecule has 1 aliphatic rings. The number of nitrogens with one attached hydrogen (secondary N) is 1. The SMILES string of the molecule is CC1(C)OB([C@@H](CC(N)=O)NC(=O)CCCc2ccccc2)OC1(C)C. The quantitative estimate of drug-likeness (QED) is 0.694. The van der Waals surface area contributed by atoms with Crippen molar-refractivity contribution in [3.63, 3.8) is 0 Å². The molecule has 2 amide bonds. The highest BCUT2D eigenvalue weighted by molar-refractivity contribution is 6.48. The maximum Gasteiger partial charge on any atom is 0.482 e. The Labute approximate surface area is 156 Å². The van der Waals surface area contributed by atoms with Crippen LogP contribution in [0.1, 0.15) is 52.5 Å². The smallest absolute Gasteiger partial charge is 0.402 e. The fraction of sp³-hybridized carbons (Fsp3) is 0.579. The lowest BCUT2D eigenvalue weighted by Crippen LogP contribution is -2.50. The second-order valence-corrected chi connectivity index (χ2v) is 7.81. The first-order valence-electron chi connectivity index (χ1n) is 9.08. The van der Waals surface area contributed by atoms with Gasteiger partial charge in [-0.25, -0.2) is 0 Å². The van der Waals surface area contributed by atoms with Gasteiger partial charge in [-0.05, 0) is 46.1 Å². The number of benzene rings is 1. The molecule has 2 rings (SSSR count). The van der Waals surface area contributed by atoms with E-state index in [1.807, 2.05) is 58.0 Å². The first-order chi connectivity index (χ1) is 12.1. The molecule has 0 radical (unpaired) electrons. The Morgan fingerprint density at radius 3 is 2.23 bits per heavy atom. The van der Waals surface area contributed by atoms with Crippen LogP contribution < -0.4 is 11.1 Å². The highest BCUT2D eigenvalue weighted by Crippen LogP contribution is 2.37. The van der Waals surface area contributed by atoms with Crippen LogP contribution >= 0.6 is 0 Å². The van der Waals surface area contributed by atoms with E-state index < -0.39 is 30.2 Å². The number of carbonyl (C=O) groups excluding carboxylic acids is 2. The van der Waals surface area contributed by atoms with Crippen LogP contribution in [-0.4, -0.2) is 36.1 Å². The second kappa shape index (κ2) is 8.23. The molecule has 1 fully saturated rings. The van der Waals surface area contributed by atoms with Gasteiger partial charge in [0.05, 0.1) is 17.1 Å². The number of rotatable bonds is 8. The van der Waals surface area contributed by atoms with E-state index in [0.717, 1.165) is 12.8 Å². The third-order valence-electron chi connectivity index (χ3n) is 5.08. The molecule has 0 spiro atoms. The molecule has 0 aliphatic carbocycles. The summed E-state index contributed by atoms with van der Waals surface area (Å²) in [6.07, 6.45) is 1.89. The topological polar surface area (TPSA) is 90.6 Å². The average Bonchev–Trinajstić information content (AvgIpc) is 2.75. The molecule has 1 atom stereocenters. The van der Waals surface area contributed by atoms with Gasteiger partial charge in [0, 0.05) is 12.8 Å². The molecule has 0 aromatic heterocycles. The van der Waals surface area contributed by atoms with Gasteiger partial charge < -0.3 is 20.4 Å². The highest BCUT2D eigenvalue weighted by atomic mass is 16.7. The largest absolute Gasteiger partial charge is 0.482 e. The Bertz CT molecular complexity index is 618. The minimum absolute atomic E-state index is 0.0265. The minimum atomic E-state index is -0.703. The lowest BCUT2D eigenvalue weighted by Gasteiger charge is -2.32. The zero-order valence-corrected chi connectivity index (χ0v) is 16.1. The van der Waals surface area contributed by atoms with Gasteiger partial charge >= 0.3 is 7.12 Å². The molecule has 1 aromatic carbocycles. The van der Waals surface area contributed by atoms with Crippen LogP contribution in [0.5, 0.6) is 0 Å².